The van der Waals surface area contributed by atoms with Gasteiger partial charge in [-0.2, -0.15) is 9.40 Å². The van der Waals surface area contributed by atoms with Crippen LogP contribution in [0.1, 0.15) is 12.7 Å². The number of imidazole rings is 1. The second-order valence-electron chi connectivity index (χ2n) is 5.28. The monoisotopic (exact) mass is 309 g/mol. The maximum Gasteiger partial charge on any atom is 0.214 e. The Hall–Kier alpha value is -1.67. The Bertz CT molecular complexity index is 692. The first-order chi connectivity index (χ1) is 10.1. The Morgan fingerprint density at radius 3 is 2.86 bits per heavy atom. The molecule has 2 aromatic rings. The zero-order valence-electron chi connectivity index (χ0n) is 12.0. The van der Waals surface area contributed by atoms with E-state index in [9.17, 15) is 8.42 Å². The quantitative estimate of drug-likeness (QED) is 0.827. The molecule has 0 unspecified atom stereocenters. The molecule has 1 aliphatic rings. The second kappa shape index (κ2) is 5.61. The van der Waals surface area contributed by atoms with Gasteiger partial charge in [0.2, 0.25) is 10.0 Å². The van der Waals surface area contributed by atoms with Gasteiger partial charge >= 0.3 is 0 Å². The largest absolute Gasteiger partial charge is 0.333 e. The lowest BCUT2D eigenvalue weighted by Gasteiger charge is -2.22. The van der Waals surface area contributed by atoms with Crippen LogP contribution in [0.15, 0.2) is 30.9 Å². The summed E-state index contributed by atoms with van der Waals surface area (Å²) in [7, 11) is -3.23. The highest BCUT2D eigenvalue weighted by Gasteiger charge is 2.29. The molecule has 3 rings (SSSR count). The first-order valence-electron chi connectivity index (χ1n) is 7.03. The van der Waals surface area contributed by atoms with Crippen molar-refractivity contribution in [1.82, 2.24) is 23.6 Å². The molecule has 0 saturated heterocycles. The number of sulfonamides is 1. The van der Waals surface area contributed by atoms with Gasteiger partial charge in [0.25, 0.3) is 0 Å². The average Bonchev–Trinajstić information content (AvgIpc) is 3.08. The van der Waals surface area contributed by atoms with E-state index in [4.69, 9.17) is 0 Å². The molecule has 0 radical (unpaired) electrons. The fraction of sp³-hybridized carbons (Fsp3) is 0.538. The molecule has 114 valence electrons. The van der Waals surface area contributed by atoms with Crippen molar-refractivity contribution >= 4 is 10.0 Å². The summed E-state index contributed by atoms with van der Waals surface area (Å²) in [6, 6.07) is 1.87. The van der Waals surface area contributed by atoms with E-state index in [-0.39, 0.29) is 11.7 Å². The van der Waals surface area contributed by atoms with Crippen molar-refractivity contribution < 1.29 is 8.42 Å². The standard InChI is InChI=1S/C13H19N5O2S/c1-2-21(19,20)18-10-12(9-17-6-3-4-15-17)8-16-7-5-14-13(16)11-18/h3-7,12H,2,8-11H2,1H3/t12-/m1/s1. The summed E-state index contributed by atoms with van der Waals surface area (Å²) >= 11 is 0. The van der Waals surface area contributed by atoms with E-state index >= 15 is 0 Å². The Morgan fingerprint density at radius 2 is 2.14 bits per heavy atom. The van der Waals surface area contributed by atoms with Crippen LogP contribution in [-0.4, -0.2) is 44.4 Å². The highest BCUT2D eigenvalue weighted by atomic mass is 32.2. The summed E-state index contributed by atoms with van der Waals surface area (Å²) in [5, 5.41) is 4.22. The van der Waals surface area contributed by atoms with Crippen molar-refractivity contribution in [3.63, 3.8) is 0 Å². The first-order valence-corrected chi connectivity index (χ1v) is 8.64. The molecule has 2 aromatic heterocycles. The van der Waals surface area contributed by atoms with Gasteiger partial charge in [0.1, 0.15) is 5.82 Å². The van der Waals surface area contributed by atoms with E-state index in [2.05, 4.69) is 10.1 Å². The minimum atomic E-state index is -3.23. The fourth-order valence-corrected chi connectivity index (χ4v) is 3.80. The molecular weight excluding hydrogens is 290 g/mol. The average molecular weight is 309 g/mol. The molecule has 0 N–H and O–H groups in total. The summed E-state index contributed by atoms with van der Waals surface area (Å²) < 4.78 is 29.9. The summed E-state index contributed by atoms with van der Waals surface area (Å²) in [5.41, 5.74) is 0. The molecule has 7 nitrogen and oxygen atoms in total. The number of rotatable bonds is 4. The molecule has 0 bridgehead atoms. The Labute approximate surface area is 124 Å². The van der Waals surface area contributed by atoms with E-state index in [1.807, 2.05) is 27.7 Å². The normalized spacial score (nSPS) is 20.1. The Kier molecular flexibility index (Phi) is 3.81. The van der Waals surface area contributed by atoms with E-state index in [0.29, 0.717) is 19.6 Å². The minimum absolute atomic E-state index is 0.113. The third kappa shape index (κ3) is 3.01. The maximum absolute atomic E-state index is 12.3. The van der Waals surface area contributed by atoms with Crippen molar-refractivity contribution in [2.45, 2.75) is 26.6 Å². The van der Waals surface area contributed by atoms with Crippen LogP contribution >= 0.6 is 0 Å². The van der Waals surface area contributed by atoms with Crippen LogP contribution < -0.4 is 0 Å². The molecule has 0 fully saturated rings. The zero-order chi connectivity index (χ0) is 14.9. The van der Waals surface area contributed by atoms with Gasteiger partial charge in [-0.25, -0.2) is 13.4 Å². The van der Waals surface area contributed by atoms with Crippen LogP contribution in [0.25, 0.3) is 0 Å². The molecule has 0 aliphatic carbocycles. The van der Waals surface area contributed by atoms with Crippen LogP contribution in [0.3, 0.4) is 0 Å². The van der Waals surface area contributed by atoms with Crippen LogP contribution in [-0.2, 0) is 29.7 Å². The van der Waals surface area contributed by atoms with Crippen molar-refractivity contribution in [2.75, 3.05) is 12.3 Å². The minimum Gasteiger partial charge on any atom is -0.333 e. The van der Waals surface area contributed by atoms with Gasteiger partial charge in [-0.15, -0.1) is 0 Å². The third-order valence-electron chi connectivity index (χ3n) is 3.80. The fourth-order valence-electron chi connectivity index (χ4n) is 2.69. The number of fused-ring (bicyclic) bond motifs is 1. The summed E-state index contributed by atoms with van der Waals surface area (Å²) in [6.07, 6.45) is 7.27. The van der Waals surface area contributed by atoms with Crippen LogP contribution in [0.4, 0.5) is 0 Å². The van der Waals surface area contributed by atoms with Gasteiger partial charge in [0.05, 0.1) is 12.3 Å². The molecule has 1 atom stereocenters. The lowest BCUT2D eigenvalue weighted by atomic mass is 10.1. The predicted molar refractivity (Wildman–Crippen MR) is 77.8 cm³/mol. The number of aromatic nitrogens is 4. The van der Waals surface area contributed by atoms with E-state index in [1.165, 1.54) is 0 Å². The molecule has 3 heterocycles. The Balaban J connectivity index is 1.88. The number of hydrogen-bond acceptors (Lipinski definition) is 4. The van der Waals surface area contributed by atoms with Crippen LogP contribution in [0.2, 0.25) is 0 Å². The maximum atomic E-state index is 12.3. The summed E-state index contributed by atoms with van der Waals surface area (Å²) in [5.74, 6) is 1.08. The zero-order valence-corrected chi connectivity index (χ0v) is 12.8. The predicted octanol–water partition coefficient (Wildman–Crippen LogP) is 0.561. The van der Waals surface area contributed by atoms with Gasteiger partial charge in [-0.3, -0.25) is 4.68 Å². The van der Waals surface area contributed by atoms with Crippen LogP contribution in [0.5, 0.6) is 0 Å². The summed E-state index contributed by atoms with van der Waals surface area (Å²) in [6.45, 7) is 3.97. The third-order valence-corrected chi connectivity index (χ3v) is 5.59. The molecule has 1 aliphatic heterocycles. The number of hydrogen-bond donors (Lipinski definition) is 0. The molecule has 8 heteroatoms. The van der Waals surface area contributed by atoms with Crippen molar-refractivity contribution in [3.05, 3.63) is 36.7 Å². The summed E-state index contributed by atoms with van der Waals surface area (Å²) in [4.78, 5) is 4.28. The number of nitrogens with zero attached hydrogens (tertiary/aromatic N) is 5. The SMILES string of the molecule is CCS(=O)(=O)N1Cc2nccn2C[C@H](Cn2cccn2)C1. The van der Waals surface area contributed by atoms with Crippen molar-refractivity contribution in [3.8, 4) is 0 Å². The van der Waals surface area contributed by atoms with E-state index in [1.54, 1.807) is 23.6 Å². The molecule has 0 spiro atoms. The molecule has 21 heavy (non-hydrogen) atoms. The van der Waals surface area contributed by atoms with E-state index in [0.717, 1.165) is 12.4 Å². The lowest BCUT2D eigenvalue weighted by Crippen LogP contribution is -2.36. The van der Waals surface area contributed by atoms with Gasteiger partial charge in [-0.05, 0) is 13.0 Å². The van der Waals surface area contributed by atoms with Gasteiger partial charge in [0, 0.05) is 50.3 Å². The van der Waals surface area contributed by atoms with Crippen LogP contribution in [0, 0.1) is 5.92 Å². The lowest BCUT2D eigenvalue weighted by molar-refractivity contribution is 0.303. The van der Waals surface area contributed by atoms with E-state index < -0.39 is 10.0 Å². The smallest absolute Gasteiger partial charge is 0.214 e. The van der Waals surface area contributed by atoms with Crippen molar-refractivity contribution in [1.29, 1.82) is 0 Å². The molecule has 0 aromatic carbocycles. The Morgan fingerprint density at radius 1 is 1.29 bits per heavy atom. The molecule has 0 saturated carbocycles. The highest BCUT2D eigenvalue weighted by Crippen LogP contribution is 2.19. The van der Waals surface area contributed by atoms with Gasteiger partial charge < -0.3 is 4.57 Å². The van der Waals surface area contributed by atoms with Gasteiger partial charge in [-0.1, -0.05) is 0 Å². The molecular formula is C13H19N5O2S. The topological polar surface area (TPSA) is 73.0 Å². The van der Waals surface area contributed by atoms with Gasteiger partial charge in [0.15, 0.2) is 0 Å². The highest BCUT2D eigenvalue weighted by molar-refractivity contribution is 7.89. The first kappa shape index (κ1) is 14.3. The molecule has 0 amide bonds. The second-order valence-corrected chi connectivity index (χ2v) is 7.54. The van der Waals surface area contributed by atoms with Crippen molar-refractivity contribution in [2.24, 2.45) is 5.92 Å².